The number of rotatable bonds is 2. The SMILES string of the molecule is COc1c(C)ccc(Cl)c1C=O. The van der Waals surface area contributed by atoms with Gasteiger partial charge in [0.1, 0.15) is 5.75 Å². The van der Waals surface area contributed by atoms with Crippen molar-refractivity contribution in [3.63, 3.8) is 0 Å². The molecule has 0 fully saturated rings. The molecule has 0 amide bonds. The van der Waals surface area contributed by atoms with Crippen molar-refractivity contribution in [2.24, 2.45) is 0 Å². The molecule has 3 heteroatoms. The topological polar surface area (TPSA) is 26.3 Å². The lowest BCUT2D eigenvalue weighted by atomic mass is 10.1. The zero-order chi connectivity index (χ0) is 9.14. The summed E-state index contributed by atoms with van der Waals surface area (Å²) in [5.74, 6) is 0.553. The van der Waals surface area contributed by atoms with Crippen LogP contribution in [0.4, 0.5) is 0 Å². The van der Waals surface area contributed by atoms with Crippen LogP contribution in [0.3, 0.4) is 0 Å². The van der Waals surface area contributed by atoms with Crippen molar-refractivity contribution in [2.75, 3.05) is 7.11 Å². The maximum atomic E-state index is 10.6. The molecule has 0 aliphatic heterocycles. The second kappa shape index (κ2) is 3.59. The molecule has 0 unspecified atom stereocenters. The lowest BCUT2D eigenvalue weighted by molar-refractivity contribution is 0.112. The Labute approximate surface area is 76.1 Å². The third kappa shape index (κ3) is 1.43. The normalized spacial score (nSPS) is 9.58. The minimum atomic E-state index is 0.416. The van der Waals surface area contributed by atoms with Crippen LogP contribution in [0.25, 0.3) is 0 Å². The van der Waals surface area contributed by atoms with Gasteiger partial charge in [0.05, 0.1) is 17.7 Å². The van der Waals surface area contributed by atoms with E-state index in [2.05, 4.69) is 0 Å². The number of hydrogen-bond acceptors (Lipinski definition) is 2. The predicted octanol–water partition coefficient (Wildman–Crippen LogP) is 2.47. The van der Waals surface area contributed by atoms with Crippen molar-refractivity contribution in [3.8, 4) is 5.75 Å². The number of benzene rings is 1. The average Bonchev–Trinajstić information content (AvgIpc) is 2.08. The number of aryl methyl sites for hydroxylation is 1. The van der Waals surface area contributed by atoms with Gasteiger partial charge in [-0.3, -0.25) is 4.79 Å². The zero-order valence-electron chi connectivity index (χ0n) is 6.93. The molecule has 64 valence electrons. The highest BCUT2D eigenvalue weighted by atomic mass is 35.5. The Morgan fingerprint density at radius 1 is 1.50 bits per heavy atom. The summed E-state index contributed by atoms with van der Waals surface area (Å²) in [6.45, 7) is 1.86. The quantitative estimate of drug-likeness (QED) is 0.660. The Hall–Kier alpha value is -1.02. The van der Waals surface area contributed by atoms with Crippen molar-refractivity contribution in [1.82, 2.24) is 0 Å². The lowest BCUT2D eigenvalue weighted by Gasteiger charge is -2.07. The molecular formula is C9H9ClO2. The highest BCUT2D eigenvalue weighted by molar-refractivity contribution is 6.33. The monoisotopic (exact) mass is 184 g/mol. The largest absolute Gasteiger partial charge is 0.496 e. The summed E-state index contributed by atoms with van der Waals surface area (Å²) in [4.78, 5) is 10.6. The van der Waals surface area contributed by atoms with Gasteiger partial charge in [-0.15, -0.1) is 0 Å². The van der Waals surface area contributed by atoms with Crippen LogP contribution in [0.1, 0.15) is 15.9 Å². The fraction of sp³-hybridized carbons (Fsp3) is 0.222. The zero-order valence-corrected chi connectivity index (χ0v) is 7.68. The van der Waals surface area contributed by atoms with Crippen LogP contribution in [0, 0.1) is 6.92 Å². The van der Waals surface area contributed by atoms with Crippen molar-refractivity contribution in [1.29, 1.82) is 0 Å². The van der Waals surface area contributed by atoms with E-state index in [1.165, 1.54) is 7.11 Å². The van der Waals surface area contributed by atoms with Gasteiger partial charge in [0.2, 0.25) is 0 Å². The number of methoxy groups -OCH3 is 1. The van der Waals surface area contributed by atoms with Gasteiger partial charge in [-0.05, 0) is 18.6 Å². The molecule has 2 nitrogen and oxygen atoms in total. The summed E-state index contributed by atoms with van der Waals surface area (Å²) < 4.78 is 5.03. The Morgan fingerprint density at radius 3 is 2.58 bits per heavy atom. The molecule has 0 atom stereocenters. The maximum absolute atomic E-state index is 10.6. The van der Waals surface area contributed by atoms with Gasteiger partial charge in [0.25, 0.3) is 0 Å². The van der Waals surface area contributed by atoms with E-state index in [-0.39, 0.29) is 0 Å². The van der Waals surface area contributed by atoms with E-state index in [1.807, 2.05) is 13.0 Å². The van der Waals surface area contributed by atoms with Crippen LogP contribution in [-0.2, 0) is 0 Å². The molecule has 1 aromatic rings. The second-order valence-electron chi connectivity index (χ2n) is 2.43. The molecule has 0 aromatic heterocycles. The molecule has 0 radical (unpaired) electrons. The van der Waals surface area contributed by atoms with E-state index in [1.54, 1.807) is 6.07 Å². The first-order valence-electron chi connectivity index (χ1n) is 3.49. The van der Waals surface area contributed by atoms with Gasteiger partial charge in [-0.1, -0.05) is 17.7 Å². The molecule has 1 aromatic carbocycles. The molecule has 0 spiro atoms. The predicted molar refractivity (Wildman–Crippen MR) is 48.1 cm³/mol. The number of carbonyl (C=O) groups is 1. The first-order chi connectivity index (χ1) is 5.70. The van der Waals surface area contributed by atoms with Crippen molar-refractivity contribution in [2.45, 2.75) is 6.92 Å². The van der Waals surface area contributed by atoms with Crippen LogP contribution < -0.4 is 4.74 Å². The summed E-state index contributed by atoms with van der Waals surface area (Å²) in [5, 5.41) is 0.424. The molecule has 0 heterocycles. The molecular weight excluding hydrogens is 176 g/mol. The van der Waals surface area contributed by atoms with Gasteiger partial charge in [-0.25, -0.2) is 0 Å². The standard InChI is InChI=1S/C9H9ClO2/c1-6-3-4-8(10)7(5-11)9(6)12-2/h3-5H,1-2H3. The van der Waals surface area contributed by atoms with Crippen molar-refractivity contribution >= 4 is 17.9 Å². The molecule has 0 aliphatic rings. The third-order valence-corrected chi connectivity index (χ3v) is 1.99. The fourth-order valence-electron chi connectivity index (χ4n) is 1.07. The third-order valence-electron chi connectivity index (χ3n) is 1.66. The van der Waals surface area contributed by atoms with Gasteiger partial charge in [0, 0.05) is 0 Å². The van der Waals surface area contributed by atoms with E-state index < -0.39 is 0 Å². The number of halogens is 1. The van der Waals surface area contributed by atoms with E-state index >= 15 is 0 Å². The number of ether oxygens (including phenoxy) is 1. The highest BCUT2D eigenvalue weighted by Crippen LogP contribution is 2.27. The first-order valence-corrected chi connectivity index (χ1v) is 3.86. The van der Waals surface area contributed by atoms with Crippen LogP contribution in [-0.4, -0.2) is 13.4 Å². The van der Waals surface area contributed by atoms with Crippen LogP contribution in [0.15, 0.2) is 12.1 Å². The van der Waals surface area contributed by atoms with E-state index in [0.717, 1.165) is 5.56 Å². The molecule has 0 saturated heterocycles. The smallest absolute Gasteiger partial charge is 0.155 e. The molecule has 0 bridgehead atoms. The first kappa shape index (κ1) is 9.07. The van der Waals surface area contributed by atoms with Gasteiger partial charge in [-0.2, -0.15) is 0 Å². The Morgan fingerprint density at radius 2 is 2.17 bits per heavy atom. The highest BCUT2D eigenvalue weighted by Gasteiger charge is 2.08. The van der Waals surface area contributed by atoms with Crippen LogP contribution in [0.2, 0.25) is 5.02 Å². The summed E-state index contributed by atoms with van der Waals surface area (Å²) in [7, 11) is 1.52. The summed E-state index contributed by atoms with van der Waals surface area (Å²) in [6.07, 6.45) is 0.703. The van der Waals surface area contributed by atoms with Crippen molar-refractivity contribution < 1.29 is 9.53 Å². The summed E-state index contributed by atoms with van der Waals surface area (Å²) >= 11 is 5.77. The van der Waals surface area contributed by atoms with Gasteiger partial charge >= 0.3 is 0 Å². The number of carbonyl (C=O) groups excluding carboxylic acids is 1. The van der Waals surface area contributed by atoms with Crippen molar-refractivity contribution in [3.05, 3.63) is 28.3 Å². The van der Waals surface area contributed by atoms with E-state index in [9.17, 15) is 4.79 Å². The lowest BCUT2D eigenvalue weighted by Crippen LogP contribution is -1.94. The van der Waals surface area contributed by atoms with Gasteiger partial charge in [0.15, 0.2) is 6.29 Å². The molecule has 1 rings (SSSR count). The molecule has 0 aliphatic carbocycles. The minimum absolute atomic E-state index is 0.416. The second-order valence-corrected chi connectivity index (χ2v) is 2.84. The van der Waals surface area contributed by atoms with E-state index in [0.29, 0.717) is 22.6 Å². The van der Waals surface area contributed by atoms with Gasteiger partial charge < -0.3 is 4.74 Å². The minimum Gasteiger partial charge on any atom is -0.496 e. The Kier molecular flexibility index (Phi) is 2.71. The Balaban J connectivity index is 3.38. The van der Waals surface area contributed by atoms with E-state index in [4.69, 9.17) is 16.3 Å². The van der Waals surface area contributed by atoms with Crippen LogP contribution >= 0.6 is 11.6 Å². The number of hydrogen-bond donors (Lipinski definition) is 0. The average molecular weight is 185 g/mol. The number of aldehydes is 1. The summed E-state index contributed by atoms with van der Waals surface area (Å²) in [6, 6.07) is 3.50. The molecule has 12 heavy (non-hydrogen) atoms. The molecule has 0 saturated carbocycles. The summed E-state index contributed by atoms with van der Waals surface area (Å²) in [5.41, 5.74) is 1.32. The maximum Gasteiger partial charge on any atom is 0.155 e. The molecule has 0 N–H and O–H groups in total. The fourth-order valence-corrected chi connectivity index (χ4v) is 1.26. The van der Waals surface area contributed by atoms with Crippen LogP contribution in [0.5, 0.6) is 5.75 Å². The Bertz CT molecular complexity index is 308.